The van der Waals surface area contributed by atoms with Crippen molar-refractivity contribution in [3.63, 3.8) is 0 Å². The molecule has 0 heterocycles. The van der Waals surface area contributed by atoms with Gasteiger partial charge < -0.3 is 10.6 Å². The van der Waals surface area contributed by atoms with Gasteiger partial charge in [-0.3, -0.25) is 0 Å². The van der Waals surface area contributed by atoms with Gasteiger partial charge in [0.15, 0.2) is 0 Å². The first-order chi connectivity index (χ1) is 4.38. The highest BCUT2D eigenvalue weighted by Crippen LogP contribution is 2.27. The van der Waals surface area contributed by atoms with Crippen LogP contribution in [0.4, 0.5) is 0 Å². The van der Waals surface area contributed by atoms with Crippen LogP contribution >= 0.6 is 0 Å². The molecule has 2 nitrogen and oxygen atoms in total. The molecule has 0 aromatic heterocycles. The van der Waals surface area contributed by atoms with Gasteiger partial charge in [0, 0.05) is 0 Å². The largest absolute Gasteiger partial charge is 0.305 e. The molecule has 2 heteroatoms. The summed E-state index contributed by atoms with van der Waals surface area (Å²) in [6.45, 7) is 0. The molecule has 0 spiro atoms. The molecule has 1 saturated carbocycles. The van der Waals surface area contributed by atoms with Crippen molar-refractivity contribution in [2.45, 2.75) is 25.4 Å². The first-order valence-corrected chi connectivity index (χ1v) is 3.73. The second kappa shape index (κ2) is 3.18. The number of hydrogen-bond acceptors (Lipinski definition) is 2. The molecule has 1 aliphatic carbocycles. The molecule has 0 aromatic carbocycles. The average molecular weight is 128 g/mol. The van der Waals surface area contributed by atoms with Crippen LogP contribution in [0.25, 0.3) is 0 Å². The van der Waals surface area contributed by atoms with Crippen molar-refractivity contribution in [1.82, 2.24) is 10.6 Å². The molecule has 0 aliphatic heterocycles. The van der Waals surface area contributed by atoms with E-state index in [9.17, 15) is 0 Å². The molecule has 9 heavy (non-hydrogen) atoms. The van der Waals surface area contributed by atoms with Gasteiger partial charge in [0.05, 0.1) is 6.17 Å². The summed E-state index contributed by atoms with van der Waals surface area (Å²) in [5.41, 5.74) is 0. The van der Waals surface area contributed by atoms with Crippen LogP contribution < -0.4 is 10.6 Å². The van der Waals surface area contributed by atoms with Crippen molar-refractivity contribution in [2.75, 3.05) is 14.1 Å². The average Bonchev–Trinajstić information content (AvgIpc) is 1.78. The smallest absolute Gasteiger partial charge is 0.0595 e. The number of rotatable bonds is 3. The Labute approximate surface area is 57.0 Å². The van der Waals surface area contributed by atoms with Gasteiger partial charge in [-0.25, -0.2) is 0 Å². The molecule has 2 N–H and O–H groups in total. The number of hydrogen-bond donors (Lipinski definition) is 2. The maximum atomic E-state index is 3.24. The Morgan fingerprint density at radius 3 is 1.89 bits per heavy atom. The van der Waals surface area contributed by atoms with Gasteiger partial charge in [0.2, 0.25) is 0 Å². The van der Waals surface area contributed by atoms with Gasteiger partial charge in [-0.15, -0.1) is 0 Å². The van der Waals surface area contributed by atoms with Gasteiger partial charge in [-0.2, -0.15) is 0 Å². The van der Waals surface area contributed by atoms with Crippen LogP contribution in [0.15, 0.2) is 0 Å². The molecule has 1 aliphatic rings. The molecule has 54 valence electrons. The van der Waals surface area contributed by atoms with Crippen LogP contribution in [0.3, 0.4) is 0 Å². The van der Waals surface area contributed by atoms with E-state index >= 15 is 0 Å². The third-order valence-electron chi connectivity index (χ3n) is 2.24. The maximum absolute atomic E-state index is 3.24. The van der Waals surface area contributed by atoms with Crippen LogP contribution in [0.2, 0.25) is 0 Å². The van der Waals surface area contributed by atoms with E-state index in [0.29, 0.717) is 6.17 Å². The Morgan fingerprint density at radius 2 is 1.78 bits per heavy atom. The van der Waals surface area contributed by atoms with Crippen molar-refractivity contribution < 1.29 is 0 Å². The van der Waals surface area contributed by atoms with Crippen molar-refractivity contribution in [3.05, 3.63) is 0 Å². The molecule has 0 aromatic rings. The minimum atomic E-state index is 0.554. The summed E-state index contributed by atoms with van der Waals surface area (Å²) in [6, 6.07) is 0. The molecule has 0 amide bonds. The second-order valence-electron chi connectivity index (χ2n) is 2.75. The lowest BCUT2D eigenvalue weighted by atomic mass is 9.83. The summed E-state index contributed by atoms with van der Waals surface area (Å²) in [5, 5.41) is 6.49. The predicted octanol–water partition coefficient (Wildman–Crippen LogP) is 0.551. The Bertz CT molecular complexity index is 75.0. The van der Waals surface area contributed by atoms with E-state index < -0.39 is 0 Å². The number of nitrogens with one attached hydrogen (secondary N) is 2. The minimum absolute atomic E-state index is 0.554. The predicted molar refractivity (Wildman–Crippen MR) is 39.2 cm³/mol. The van der Waals surface area contributed by atoms with Crippen LogP contribution in [0.5, 0.6) is 0 Å². The molecular weight excluding hydrogens is 112 g/mol. The van der Waals surface area contributed by atoms with Gasteiger partial charge in [-0.05, 0) is 32.9 Å². The minimum Gasteiger partial charge on any atom is -0.305 e. The molecule has 0 saturated heterocycles. The quantitative estimate of drug-likeness (QED) is 0.542. The zero-order chi connectivity index (χ0) is 6.69. The van der Waals surface area contributed by atoms with Crippen LogP contribution in [-0.2, 0) is 0 Å². The van der Waals surface area contributed by atoms with E-state index in [4.69, 9.17) is 0 Å². The highest BCUT2D eigenvalue weighted by Gasteiger charge is 2.24. The third kappa shape index (κ3) is 1.43. The lowest BCUT2D eigenvalue weighted by molar-refractivity contribution is 0.215. The van der Waals surface area contributed by atoms with E-state index in [1.807, 2.05) is 14.1 Å². The zero-order valence-corrected chi connectivity index (χ0v) is 6.28. The van der Waals surface area contributed by atoms with E-state index in [1.165, 1.54) is 19.3 Å². The Kier molecular flexibility index (Phi) is 2.49. The van der Waals surface area contributed by atoms with Crippen molar-refractivity contribution in [3.8, 4) is 0 Å². The van der Waals surface area contributed by atoms with E-state index in [1.54, 1.807) is 0 Å². The molecule has 0 unspecified atom stereocenters. The summed E-state index contributed by atoms with van der Waals surface area (Å²) in [4.78, 5) is 0. The van der Waals surface area contributed by atoms with Crippen molar-refractivity contribution in [2.24, 2.45) is 5.92 Å². The zero-order valence-electron chi connectivity index (χ0n) is 6.28. The summed E-state index contributed by atoms with van der Waals surface area (Å²) < 4.78 is 0. The van der Waals surface area contributed by atoms with Crippen LogP contribution in [0.1, 0.15) is 19.3 Å². The fourth-order valence-corrected chi connectivity index (χ4v) is 1.39. The normalized spacial score (nSPS) is 20.3. The molecular formula is C7H16N2. The van der Waals surface area contributed by atoms with E-state index in [-0.39, 0.29) is 0 Å². The van der Waals surface area contributed by atoms with Crippen LogP contribution in [0, 0.1) is 5.92 Å². The SMILES string of the molecule is CNC(NC)C1CCC1. The van der Waals surface area contributed by atoms with Crippen LogP contribution in [-0.4, -0.2) is 20.3 Å². The third-order valence-corrected chi connectivity index (χ3v) is 2.24. The highest BCUT2D eigenvalue weighted by molar-refractivity contribution is 4.78. The summed E-state index contributed by atoms with van der Waals surface area (Å²) >= 11 is 0. The molecule has 1 fully saturated rings. The lowest BCUT2D eigenvalue weighted by Gasteiger charge is -2.33. The maximum Gasteiger partial charge on any atom is 0.0595 e. The topological polar surface area (TPSA) is 24.1 Å². The summed E-state index contributed by atoms with van der Waals surface area (Å²) in [6.07, 6.45) is 4.77. The molecule has 0 atom stereocenters. The van der Waals surface area contributed by atoms with Crippen molar-refractivity contribution in [1.29, 1.82) is 0 Å². The first-order valence-electron chi connectivity index (χ1n) is 3.73. The monoisotopic (exact) mass is 128 g/mol. The first kappa shape index (κ1) is 7.03. The van der Waals surface area contributed by atoms with Gasteiger partial charge in [-0.1, -0.05) is 6.42 Å². The molecule has 0 bridgehead atoms. The standard InChI is InChI=1S/C7H16N2/c1-8-7(9-2)6-4-3-5-6/h6-9H,3-5H2,1-2H3. The van der Waals surface area contributed by atoms with E-state index in [2.05, 4.69) is 10.6 Å². The summed E-state index contributed by atoms with van der Waals surface area (Å²) in [5.74, 6) is 0.889. The fourth-order valence-electron chi connectivity index (χ4n) is 1.39. The van der Waals surface area contributed by atoms with Gasteiger partial charge >= 0.3 is 0 Å². The van der Waals surface area contributed by atoms with Crippen molar-refractivity contribution >= 4 is 0 Å². The fraction of sp³-hybridized carbons (Fsp3) is 1.00. The highest BCUT2D eigenvalue weighted by atomic mass is 15.1. The van der Waals surface area contributed by atoms with E-state index in [0.717, 1.165) is 5.92 Å². The Morgan fingerprint density at radius 1 is 1.22 bits per heavy atom. The second-order valence-corrected chi connectivity index (χ2v) is 2.75. The summed E-state index contributed by atoms with van der Waals surface area (Å²) in [7, 11) is 4.03. The Hall–Kier alpha value is -0.0800. The van der Waals surface area contributed by atoms with Gasteiger partial charge in [0.1, 0.15) is 0 Å². The lowest BCUT2D eigenvalue weighted by Crippen LogP contribution is -2.46. The molecule has 1 rings (SSSR count). The van der Waals surface area contributed by atoms with Gasteiger partial charge in [0.25, 0.3) is 0 Å². The molecule has 0 radical (unpaired) electrons. The Balaban J connectivity index is 2.19.